The Bertz CT molecular complexity index is 1370. The van der Waals surface area contributed by atoms with E-state index in [0.717, 1.165) is 34.5 Å². The van der Waals surface area contributed by atoms with E-state index in [1.165, 1.54) is 5.56 Å². The second-order valence-corrected chi connectivity index (χ2v) is 7.78. The number of hydrogen-bond acceptors (Lipinski definition) is 3. The minimum Gasteiger partial charge on any atom is -0.423 e. The van der Waals surface area contributed by atoms with Crippen LogP contribution < -0.4 is 4.74 Å². The topological polar surface area (TPSA) is 44.1 Å². The third kappa shape index (κ3) is 4.03. The molecule has 1 aromatic heterocycles. The van der Waals surface area contributed by atoms with Gasteiger partial charge in [-0.2, -0.15) is 0 Å². The molecule has 0 saturated carbocycles. The minimum absolute atomic E-state index is 0.367. The monoisotopic (exact) mass is 418 g/mol. The van der Waals surface area contributed by atoms with E-state index in [1.54, 1.807) is 12.1 Å². The van der Waals surface area contributed by atoms with Crippen LogP contribution in [0.1, 0.15) is 21.5 Å². The van der Waals surface area contributed by atoms with E-state index in [9.17, 15) is 4.79 Å². The standard InChI is InChI=1S/C28H22N2O2/c1-20-11-13-23(14-12-20)28(31)32-24-17-15-22(16-18-24)27-29-25-9-5-6-10-26(25)30(27)19-21-7-3-2-4-8-21/h2-18H,19H2,1H3. The van der Waals surface area contributed by atoms with Gasteiger partial charge < -0.3 is 9.30 Å². The van der Waals surface area contributed by atoms with Gasteiger partial charge in [-0.3, -0.25) is 0 Å². The lowest BCUT2D eigenvalue weighted by Gasteiger charge is -2.10. The molecule has 4 heteroatoms. The van der Waals surface area contributed by atoms with Crippen LogP contribution in [0.4, 0.5) is 0 Å². The maximum atomic E-state index is 12.4. The summed E-state index contributed by atoms with van der Waals surface area (Å²) in [5, 5.41) is 0. The van der Waals surface area contributed by atoms with E-state index >= 15 is 0 Å². The van der Waals surface area contributed by atoms with Crippen molar-refractivity contribution in [3.8, 4) is 17.1 Å². The van der Waals surface area contributed by atoms with Gasteiger partial charge in [-0.15, -0.1) is 0 Å². The Morgan fingerprint density at radius 3 is 2.25 bits per heavy atom. The van der Waals surface area contributed by atoms with Crippen LogP contribution >= 0.6 is 0 Å². The number of nitrogens with zero attached hydrogens (tertiary/aromatic N) is 2. The van der Waals surface area contributed by atoms with Gasteiger partial charge in [-0.25, -0.2) is 9.78 Å². The van der Waals surface area contributed by atoms with Crippen LogP contribution in [0, 0.1) is 6.92 Å². The van der Waals surface area contributed by atoms with Crippen molar-refractivity contribution in [2.75, 3.05) is 0 Å². The summed E-state index contributed by atoms with van der Waals surface area (Å²) >= 11 is 0. The summed E-state index contributed by atoms with van der Waals surface area (Å²) in [4.78, 5) is 17.3. The predicted molar refractivity (Wildman–Crippen MR) is 127 cm³/mol. The van der Waals surface area contributed by atoms with Gasteiger partial charge in [-0.05, 0) is 61.0 Å². The number of aryl methyl sites for hydroxylation is 1. The maximum absolute atomic E-state index is 12.4. The van der Waals surface area contributed by atoms with Crippen LogP contribution in [0.15, 0.2) is 103 Å². The summed E-state index contributed by atoms with van der Waals surface area (Å²) in [6.07, 6.45) is 0. The number of fused-ring (bicyclic) bond motifs is 1. The molecule has 4 nitrogen and oxygen atoms in total. The molecule has 0 bridgehead atoms. The molecular weight excluding hydrogens is 396 g/mol. The third-order valence-corrected chi connectivity index (χ3v) is 5.45. The van der Waals surface area contributed by atoms with Crippen LogP contribution in [0.3, 0.4) is 0 Å². The summed E-state index contributed by atoms with van der Waals surface area (Å²) in [5.41, 5.74) is 5.84. The number of carbonyl (C=O) groups is 1. The van der Waals surface area contributed by atoms with Gasteiger partial charge in [-0.1, -0.05) is 60.2 Å². The highest BCUT2D eigenvalue weighted by Crippen LogP contribution is 2.27. The summed E-state index contributed by atoms with van der Waals surface area (Å²) < 4.78 is 7.77. The molecule has 1 heterocycles. The molecule has 0 aliphatic carbocycles. The summed E-state index contributed by atoms with van der Waals surface area (Å²) in [6, 6.07) is 33.4. The molecular formula is C28H22N2O2. The molecule has 0 saturated heterocycles. The molecule has 0 atom stereocenters. The van der Waals surface area contributed by atoms with E-state index in [4.69, 9.17) is 9.72 Å². The Labute approximate surface area is 186 Å². The largest absolute Gasteiger partial charge is 0.423 e. The minimum atomic E-state index is -0.367. The van der Waals surface area contributed by atoms with Gasteiger partial charge in [0.2, 0.25) is 0 Å². The SMILES string of the molecule is Cc1ccc(C(=O)Oc2ccc(-c3nc4ccccc4n3Cc3ccccc3)cc2)cc1. The quantitative estimate of drug-likeness (QED) is 0.249. The van der Waals surface area contributed by atoms with Crippen LogP contribution in [0.2, 0.25) is 0 Å². The lowest BCUT2D eigenvalue weighted by molar-refractivity contribution is 0.0735. The van der Waals surface area contributed by atoms with Crippen LogP contribution in [-0.4, -0.2) is 15.5 Å². The first kappa shape index (κ1) is 19.8. The van der Waals surface area contributed by atoms with Gasteiger partial charge in [0.25, 0.3) is 0 Å². The Hall–Kier alpha value is -4.18. The molecule has 0 aliphatic heterocycles. The first-order chi connectivity index (χ1) is 15.7. The zero-order chi connectivity index (χ0) is 21.9. The number of esters is 1. The fraction of sp³-hybridized carbons (Fsp3) is 0.0714. The van der Waals surface area contributed by atoms with Crippen LogP contribution in [-0.2, 0) is 6.54 Å². The van der Waals surface area contributed by atoms with Crippen LogP contribution in [0.25, 0.3) is 22.4 Å². The highest BCUT2D eigenvalue weighted by atomic mass is 16.5. The van der Waals surface area contributed by atoms with Gasteiger partial charge >= 0.3 is 5.97 Å². The van der Waals surface area contributed by atoms with Gasteiger partial charge in [0.1, 0.15) is 11.6 Å². The van der Waals surface area contributed by atoms with Crippen molar-refractivity contribution in [1.29, 1.82) is 0 Å². The second kappa shape index (κ2) is 8.52. The number of ether oxygens (including phenoxy) is 1. The number of hydrogen-bond donors (Lipinski definition) is 0. The summed E-state index contributed by atoms with van der Waals surface area (Å²) in [5.74, 6) is 1.02. The molecule has 0 amide bonds. The maximum Gasteiger partial charge on any atom is 0.343 e. The zero-order valence-electron chi connectivity index (χ0n) is 17.7. The Morgan fingerprint density at radius 1 is 0.812 bits per heavy atom. The van der Waals surface area contributed by atoms with E-state index < -0.39 is 0 Å². The van der Waals surface area contributed by atoms with E-state index in [1.807, 2.05) is 79.7 Å². The lowest BCUT2D eigenvalue weighted by Crippen LogP contribution is -2.08. The molecule has 0 N–H and O–H groups in total. The summed E-state index contributed by atoms with van der Waals surface area (Å²) in [7, 11) is 0. The highest BCUT2D eigenvalue weighted by Gasteiger charge is 2.14. The second-order valence-electron chi connectivity index (χ2n) is 7.78. The first-order valence-corrected chi connectivity index (χ1v) is 10.6. The molecule has 5 rings (SSSR count). The van der Waals surface area contributed by atoms with Crippen molar-refractivity contribution >= 4 is 17.0 Å². The van der Waals surface area contributed by atoms with Crippen LogP contribution in [0.5, 0.6) is 5.75 Å². The number of para-hydroxylation sites is 2. The van der Waals surface area contributed by atoms with Gasteiger partial charge in [0.15, 0.2) is 0 Å². The molecule has 32 heavy (non-hydrogen) atoms. The number of imidazole rings is 1. The predicted octanol–water partition coefficient (Wildman–Crippen LogP) is 6.28. The van der Waals surface area contributed by atoms with E-state index in [2.05, 4.69) is 22.8 Å². The molecule has 5 aromatic rings. The average Bonchev–Trinajstić information content (AvgIpc) is 3.19. The zero-order valence-corrected chi connectivity index (χ0v) is 17.7. The van der Waals surface area contributed by atoms with Crippen molar-refractivity contribution in [1.82, 2.24) is 9.55 Å². The molecule has 4 aromatic carbocycles. The molecule has 0 spiro atoms. The highest BCUT2D eigenvalue weighted by molar-refractivity contribution is 5.91. The summed E-state index contributed by atoms with van der Waals surface area (Å²) in [6.45, 7) is 2.71. The fourth-order valence-electron chi connectivity index (χ4n) is 3.75. The number of rotatable bonds is 5. The Morgan fingerprint density at radius 2 is 1.50 bits per heavy atom. The Balaban J connectivity index is 1.44. The number of benzene rings is 4. The Kier molecular flexibility index (Phi) is 5.26. The van der Waals surface area contributed by atoms with Gasteiger partial charge in [0.05, 0.1) is 16.6 Å². The van der Waals surface area contributed by atoms with Crippen molar-refractivity contribution in [2.45, 2.75) is 13.5 Å². The molecule has 0 aliphatic rings. The van der Waals surface area contributed by atoms with Crippen molar-refractivity contribution in [3.05, 3.63) is 120 Å². The first-order valence-electron chi connectivity index (χ1n) is 10.6. The normalized spacial score (nSPS) is 10.9. The van der Waals surface area contributed by atoms with Crippen molar-refractivity contribution < 1.29 is 9.53 Å². The lowest BCUT2D eigenvalue weighted by atomic mass is 10.1. The smallest absolute Gasteiger partial charge is 0.343 e. The number of aromatic nitrogens is 2. The van der Waals surface area contributed by atoms with Gasteiger partial charge in [0, 0.05) is 12.1 Å². The third-order valence-electron chi connectivity index (χ3n) is 5.45. The number of carbonyl (C=O) groups excluding carboxylic acids is 1. The van der Waals surface area contributed by atoms with E-state index in [0.29, 0.717) is 11.3 Å². The molecule has 0 fully saturated rings. The molecule has 0 unspecified atom stereocenters. The van der Waals surface area contributed by atoms with Crippen molar-refractivity contribution in [3.63, 3.8) is 0 Å². The van der Waals surface area contributed by atoms with Crippen molar-refractivity contribution in [2.24, 2.45) is 0 Å². The molecule has 0 radical (unpaired) electrons. The molecule has 156 valence electrons. The van der Waals surface area contributed by atoms with E-state index in [-0.39, 0.29) is 5.97 Å². The fourth-order valence-corrected chi connectivity index (χ4v) is 3.75. The average molecular weight is 418 g/mol.